The van der Waals surface area contributed by atoms with Crippen LogP contribution in [0.5, 0.6) is 0 Å². The molecule has 0 spiro atoms. The summed E-state index contributed by atoms with van der Waals surface area (Å²) in [6.07, 6.45) is -0.867. The maximum atomic E-state index is 11.6. The molecule has 0 aliphatic rings. The minimum Gasteiger partial charge on any atom is -0.385 e. The van der Waals surface area contributed by atoms with Gasteiger partial charge in [0.05, 0.1) is 0 Å². The van der Waals surface area contributed by atoms with Crippen molar-refractivity contribution in [3.63, 3.8) is 0 Å². The molecule has 72 valence electrons. The molecule has 1 rings (SSSR count). The van der Waals surface area contributed by atoms with E-state index in [9.17, 15) is 9.90 Å². The first-order valence-corrected chi connectivity index (χ1v) is 5.17. The van der Waals surface area contributed by atoms with Crippen LogP contribution >= 0.6 is 11.3 Å². The molecule has 0 fully saturated rings. The average Bonchev–Trinajstić information content (AvgIpc) is 2.49. The van der Waals surface area contributed by atoms with Crippen LogP contribution < -0.4 is 0 Å². The number of carbonyl (C=O) groups excluding carboxylic acids is 1. The zero-order valence-corrected chi connectivity index (χ0v) is 8.89. The second kappa shape index (κ2) is 4.03. The zero-order chi connectivity index (χ0) is 10.0. The van der Waals surface area contributed by atoms with Crippen molar-refractivity contribution < 1.29 is 9.90 Å². The fraction of sp³-hybridized carbons (Fsp3) is 0.500. The Labute approximate surface area is 82.2 Å². The van der Waals surface area contributed by atoms with E-state index in [-0.39, 0.29) is 11.7 Å². The van der Waals surface area contributed by atoms with E-state index in [1.54, 1.807) is 5.38 Å². The number of aliphatic hydroxyl groups is 1. The topological polar surface area (TPSA) is 37.3 Å². The molecule has 0 amide bonds. The van der Waals surface area contributed by atoms with Crippen LogP contribution in [0.15, 0.2) is 11.4 Å². The lowest BCUT2D eigenvalue weighted by molar-refractivity contribution is 0.0648. The van der Waals surface area contributed by atoms with Crippen LogP contribution in [0, 0.1) is 12.8 Å². The fourth-order valence-electron chi connectivity index (χ4n) is 1.05. The first-order valence-electron chi connectivity index (χ1n) is 4.29. The lowest BCUT2D eigenvalue weighted by Crippen LogP contribution is -2.25. The summed E-state index contributed by atoms with van der Waals surface area (Å²) in [6, 6.07) is 1.82. The van der Waals surface area contributed by atoms with Gasteiger partial charge in [0.2, 0.25) is 0 Å². The molecule has 1 atom stereocenters. The van der Waals surface area contributed by atoms with Crippen molar-refractivity contribution >= 4 is 17.1 Å². The average molecular weight is 198 g/mol. The van der Waals surface area contributed by atoms with Gasteiger partial charge in [0.1, 0.15) is 6.10 Å². The van der Waals surface area contributed by atoms with Crippen LogP contribution in [0.3, 0.4) is 0 Å². The summed E-state index contributed by atoms with van der Waals surface area (Å²) in [4.78, 5) is 12.7. The second-order valence-corrected chi connectivity index (χ2v) is 4.61. The molecule has 0 aliphatic carbocycles. The molecule has 1 N–H and O–H groups in total. The second-order valence-electron chi connectivity index (χ2n) is 3.50. The summed E-state index contributed by atoms with van der Waals surface area (Å²) in [5.74, 6) is -0.188. The van der Waals surface area contributed by atoms with Gasteiger partial charge in [-0.1, -0.05) is 13.8 Å². The van der Waals surface area contributed by atoms with Gasteiger partial charge in [0.15, 0.2) is 5.78 Å². The van der Waals surface area contributed by atoms with Crippen molar-refractivity contribution in [1.29, 1.82) is 0 Å². The van der Waals surface area contributed by atoms with Crippen LogP contribution in [-0.4, -0.2) is 17.0 Å². The standard InChI is InChI=1S/C10H14O2S/c1-6(2)9(11)10(12)8-4-7(3)13-5-8/h4-6,9,11H,1-3H3. The highest BCUT2D eigenvalue weighted by atomic mass is 32.1. The fourth-order valence-corrected chi connectivity index (χ4v) is 1.74. The van der Waals surface area contributed by atoms with E-state index >= 15 is 0 Å². The monoisotopic (exact) mass is 198 g/mol. The van der Waals surface area contributed by atoms with Crippen molar-refractivity contribution in [2.45, 2.75) is 26.9 Å². The molecule has 0 saturated carbocycles. The Morgan fingerprint density at radius 3 is 2.54 bits per heavy atom. The molecule has 2 nitrogen and oxygen atoms in total. The Morgan fingerprint density at radius 2 is 2.15 bits per heavy atom. The molecular weight excluding hydrogens is 184 g/mol. The molecule has 1 unspecified atom stereocenters. The van der Waals surface area contributed by atoms with Gasteiger partial charge < -0.3 is 5.11 Å². The van der Waals surface area contributed by atoms with Crippen molar-refractivity contribution in [2.24, 2.45) is 5.92 Å². The largest absolute Gasteiger partial charge is 0.385 e. The Bertz CT molecular complexity index is 302. The predicted octanol–water partition coefficient (Wildman–Crippen LogP) is 2.26. The highest BCUT2D eigenvalue weighted by molar-refractivity contribution is 7.10. The molecular formula is C10H14O2S. The zero-order valence-electron chi connectivity index (χ0n) is 8.07. The Kier molecular flexibility index (Phi) is 3.22. The molecule has 1 heterocycles. The van der Waals surface area contributed by atoms with Gasteiger partial charge in [-0.3, -0.25) is 4.79 Å². The van der Waals surface area contributed by atoms with Crippen molar-refractivity contribution in [3.8, 4) is 0 Å². The lowest BCUT2D eigenvalue weighted by atomic mass is 10.00. The number of hydrogen-bond acceptors (Lipinski definition) is 3. The number of rotatable bonds is 3. The van der Waals surface area contributed by atoms with Crippen LogP contribution in [0.1, 0.15) is 29.1 Å². The van der Waals surface area contributed by atoms with E-state index in [0.717, 1.165) is 4.88 Å². The van der Waals surface area contributed by atoms with E-state index in [2.05, 4.69) is 0 Å². The Hall–Kier alpha value is -0.670. The quantitative estimate of drug-likeness (QED) is 0.756. The summed E-state index contributed by atoms with van der Waals surface area (Å²) in [6.45, 7) is 5.62. The third-order valence-corrected chi connectivity index (χ3v) is 2.78. The Balaban J connectivity index is 2.79. The van der Waals surface area contributed by atoms with Gasteiger partial charge in [-0.15, -0.1) is 11.3 Å². The smallest absolute Gasteiger partial charge is 0.192 e. The number of carbonyl (C=O) groups is 1. The molecule has 1 aromatic heterocycles. The Morgan fingerprint density at radius 1 is 1.54 bits per heavy atom. The third-order valence-electron chi connectivity index (χ3n) is 1.92. The third kappa shape index (κ3) is 2.39. The molecule has 0 aromatic carbocycles. The van der Waals surface area contributed by atoms with E-state index in [0.29, 0.717) is 5.56 Å². The number of Topliss-reactive ketones (excluding diaryl/α,β-unsaturated/α-hetero) is 1. The predicted molar refractivity (Wildman–Crippen MR) is 54.2 cm³/mol. The van der Waals surface area contributed by atoms with Crippen LogP contribution in [0.25, 0.3) is 0 Å². The van der Waals surface area contributed by atoms with Crippen molar-refractivity contribution in [2.75, 3.05) is 0 Å². The minimum atomic E-state index is -0.867. The summed E-state index contributed by atoms with van der Waals surface area (Å²) in [7, 11) is 0. The highest BCUT2D eigenvalue weighted by Crippen LogP contribution is 2.17. The molecule has 0 radical (unpaired) electrons. The molecule has 1 aromatic rings. The van der Waals surface area contributed by atoms with Crippen molar-refractivity contribution in [1.82, 2.24) is 0 Å². The van der Waals surface area contributed by atoms with Gasteiger partial charge in [-0.05, 0) is 18.9 Å². The van der Waals surface area contributed by atoms with E-state index in [4.69, 9.17) is 0 Å². The normalized spacial score (nSPS) is 13.3. The van der Waals surface area contributed by atoms with Crippen LogP contribution in [-0.2, 0) is 0 Å². The van der Waals surface area contributed by atoms with E-state index in [1.165, 1.54) is 11.3 Å². The summed E-state index contributed by atoms with van der Waals surface area (Å²) in [5.41, 5.74) is 0.628. The van der Waals surface area contributed by atoms with Crippen molar-refractivity contribution in [3.05, 3.63) is 21.9 Å². The molecule has 0 bridgehead atoms. The van der Waals surface area contributed by atoms with Gasteiger partial charge >= 0.3 is 0 Å². The first kappa shape index (κ1) is 10.4. The van der Waals surface area contributed by atoms with E-state index < -0.39 is 6.10 Å². The molecule has 13 heavy (non-hydrogen) atoms. The number of hydrogen-bond donors (Lipinski definition) is 1. The van der Waals surface area contributed by atoms with Gasteiger partial charge in [-0.25, -0.2) is 0 Å². The van der Waals surface area contributed by atoms with Crippen LogP contribution in [0.4, 0.5) is 0 Å². The number of aliphatic hydroxyl groups excluding tert-OH is 1. The lowest BCUT2D eigenvalue weighted by Gasteiger charge is -2.11. The molecule has 0 aliphatic heterocycles. The number of ketones is 1. The molecule has 0 saturated heterocycles. The van der Waals surface area contributed by atoms with Gasteiger partial charge in [0, 0.05) is 15.8 Å². The maximum Gasteiger partial charge on any atom is 0.192 e. The highest BCUT2D eigenvalue weighted by Gasteiger charge is 2.20. The minimum absolute atomic E-state index is 0.0206. The first-order chi connectivity index (χ1) is 6.02. The van der Waals surface area contributed by atoms with Gasteiger partial charge in [0.25, 0.3) is 0 Å². The maximum absolute atomic E-state index is 11.6. The van der Waals surface area contributed by atoms with Gasteiger partial charge in [-0.2, -0.15) is 0 Å². The molecule has 3 heteroatoms. The summed E-state index contributed by atoms with van der Waals surface area (Å²) >= 11 is 1.53. The number of thiophene rings is 1. The van der Waals surface area contributed by atoms with Crippen LogP contribution in [0.2, 0.25) is 0 Å². The SMILES string of the molecule is Cc1cc(C(=O)C(O)C(C)C)cs1. The summed E-state index contributed by atoms with van der Waals surface area (Å²) in [5, 5.41) is 11.3. The van der Waals surface area contributed by atoms with E-state index in [1.807, 2.05) is 26.8 Å². The number of aryl methyl sites for hydroxylation is 1. The summed E-state index contributed by atoms with van der Waals surface area (Å²) < 4.78 is 0.